The molecule has 2 aromatic carbocycles. The minimum atomic E-state index is -0.851. The molecule has 3 aromatic rings. The predicted molar refractivity (Wildman–Crippen MR) is 134 cm³/mol. The van der Waals surface area contributed by atoms with E-state index in [1.165, 1.54) is 6.07 Å². The van der Waals surface area contributed by atoms with Crippen LogP contribution in [0.25, 0.3) is 11.4 Å². The molecule has 2 heterocycles. The van der Waals surface area contributed by atoms with Crippen molar-refractivity contribution in [1.29, 1.82) is 0 Å². The molecule has 0 fully saturated rings. The zero-order chi connectivity index (χ0) is 24.9. The first kappa shape index (κ1) is 24.9. The SMILES string of the molecule is CCC(C)C(NC(=O)c1ccc(Cl)cc1)C(=O)Nc1cc(-c2nnc3n2CCCCC3)ccc1F. The van der Waals surface area contributed by atoms with Crippen LogP contribution in [0.15, 0.2) is 42.5 Å². The molecule has 1 aromatic heterocycles. The van der Waals surface area contributed by atoms with Gasteiger partial charge in [0.15, 0.2) is 5.82 Å². The summed E-state index contributed by atoms with van der Waals surface area (Å²) in [5, 5.41) is 14.6. The van der Waals surface area contributed by atoms with Crippen LogP contribution in [0.2, 0.25) is 5.02 Å². The third-order valence-corrected chi connectivity index (χ3v) is 6.73. The van der Waals surface area contributed by atoms with Gasteiger partial charge in [0, 0.05) is 29.1 Å². The van der Waals surface area contributed by atoms with Crippen molar-refractivity contribution in [3.05, 3.63) is 64.7 Å². The molecular weight excluding hydrogens is 469 g/mol. The molecule has 9 heteroatoms. The van der Waals surface area contributed by atoms with Crippen LogP contribution in [0, 0.1) is 11.7 Å². The largest absolute Gasteiger partial charge is 0.340 e. The van der Waals surface area contributed by atoms with E-state index in [2.05, 4.69) is 25.4 Å². The summed E-state index contributed by atoms with van der Waals surface area (Å²) in [5.41, 5.74) is 1.09. The number of hydrogen-bond donors (Lipinski definition) is 2. The number of fused-ring (bicyclic) bond motifs is 1. The van der Waals surface area contributed by atoms with Crippen molar-refractivity contribution in [2.75, 3.05) is 5.32 Å². The highest BCUT2D eigenvalue weighted by Crippen LogP contribution is 2.27. The maximum atomic E-state index is 14.7. The van der Waals surface area contributed by atoms with Gasteiger partial charge in [0.1, 0.15) is 17.7 Å². The van der Waals surface area contributed by atoms with Crippen LogP contribution in [-0.4, -0.2) is 32.6 Å². The second-order valence-corrected chi connectivity index (χ2v) is 9.37. The third kappa shape index (κ3) is 5.70. The van der Waals surface area contributed by atoms with E-state index in [1.807, 2.05) is 13.8 Å². The lowest BCUT2D eigenvalue weighted by Crippen LogP contribution is -2.47. The molecule has 0 aliphatic carbocycles. The van der Waals surface area contributed by atoms with Gasteiger partial charge in [0.25, 0.3) is 5.91 Å². The quantitative estimate of drug-likeness (QED) is 0.466. The van der Waals surface area contributed by atoms with Crippen molar-refractivity contribution < 1.29 is 14.0 Å². The lowest BCUT2D eigenvalue weighted by molar-refractivity contribution is -0.119. The number of carbonyl (C=O) groups is 2. The Kier molecular flexibility index (Phi) is 7.80. The topological polar surface area (TPSA) is 88.9 Å². The average molecular weight is 498 g/mol. The first-order valence-corrected chi connectivity index (χ1v) is 12.3. The van der Waals surface area contributed by atoms with E-state index in [9.17, 15) is 14.0 Å². The van der Waals surface area contributed by atoms with Crippen molar-refractivity contribution >= 4 is 29.1 Å². The number of nitrogens with one attached hydrogen (secondary N) is 2. The second-order valence-electron chi connectivity index (χ2n) is 8.93. The van der Waals surface area contributed by atoms with Gasteiger partial charge in [-0.05, 0) is 61.2 Å². The second kappa shape index (κ2) is 11.0. The van der Waals surface area contributed by atoms with Crippen molar-refractivity contribution in [3.63, 3.8) is 0 Å². The van der Waals surface area contributed by atoms with Gasteiger partial charge in [0.2, 0.25) is 5.91 Å². The molecule has 0 spiro atoms. The number of anilines is 1. The molecule has 2 amide bonds. The molecule has 2 atom stereocenters. The fraction of sp³-hybridized carbons (Fsp3) is 0.385. The highest BCUT2D eigenvalue weighted by Gasteiger charge is 2.27. The number of aryl methyl sites for hydroxylation is 1. The number of rotatable bonds is 7. The number of nitrogens with zero attached hydrogens (tertiary/aromatic N) is 3. The first-order chi connectivity index (χ1) is 16.9. The predicted octanol–water partition coefficient (Wildman–Crippen LogP) is 5.25. The van der Waals surface area contributed by atoms with E-state index in [1.54, 1.807) is 36.4 Å². The van der Waals surface area contributed by atoms with Crippen LogP contribution in [0.4, 0.5) is 10.1 Å². The van der Waals surface area contributed by atoms with Crippen LogP contribution in [-0.2, 0) is 17.8 Å². The molecule has 2 unspecified atom stereocenters. The molecule has 0 saturated carbocycles. The fourth-order valence-electron chi connectivity index (χ4n) is 4.20. The lowest BCUT2D eigenvalue weighted by Gasteiger charge is -2.24. The first-order valence-electron chi connectivity index (χ1n) is 12.0. The van der Waals surface area contributed by atoms with Gasteiger partial charge >= 0.3 is 0 Å². The highest BCUT2D eigenvalue weighted by molar-refractivity contribution is 6.30. The van der Waals surface area contributed by atoms with Crippen LogP contribution in [0.5, 0.6) is 0 Å². The summed E-state index contributed by atoms with van der Waals surface area (Å²) >= 11 is 5.91. The molecule has 0 bridgehead atoms. The van der Waals surface area contributed by atoms with Gasteiger partial charge in [-0.1, -0.05) is 38.3 Å². The van der Waals surface area contributed by atoms with Crippen LogP contribution in [0.3, 0.4) is 0 Å². The average Bonchev–Trinajstić information content (AvgIpc) is 3.11. The van der Waals surface area contributed by atoms with Crippen LogP contribution >= 0.6 is 11.6 Å². The number of benzene rings is 2. The Labute approximate surface area is 209 Å². The standard InChI is InChI=1S/C26H29ClFN5O2/c1-3-16(2)23(30-25(34)17-8-11-19(27)12-9-17)26(35)29-21-15-18(10-13-20(21)28)24-32-31-22-7-5-4-6-14-33(22)24/h8-13,15-16,23H,3-7,14H2,1-2H3,(H,29,35)(H,30,34). The van der Waals surface area contributed by atoms with Gasteiger partial charge in [-0.2, -0.15) is 0 Å². The molecule has 35 heavy (non-hydrogen) atoms. The van der Waals surface area contributed by atoms with Crippen molar-refractivity contribution in [1.82, 2.24) is 20.1 Å². The summed E-state index contributed by atoms with van der Waals surface area (Å²) in [6.07, 6.45) is 4.75. The summed E-state index contributed by atoms with van der Waals surface area (Å²) < 4.78 is 16.8. The molecule has 184 valence electrons. The summed E-state index contributed by atoms with van der Waals surface area (Å²) in [6, 6.07) is 10.1. The molecule has 1 aliphatic rings. The van der Waals surface area contributed by atoms with Gasteiger partial charge in [-0.15, -0.1) is 10.2 Å². The smallest absolute Gasteiger partial charge is 0.251 e. The molecule has 7 nitrogen and oxygen atoms in total. The zero-order valence-corrected chi connectivity index (χ0v) is 20.6. The van der Waals surface area contributed by atoms with Gasteiger partial charge in [0.05, 0.1) is 5.69 Å². The lowest BCUT2D eigenvalue weighted by atomic mass is 9.97. The fourth-order valence-corrected chi connectivity index (χ4v) is 4.32. The summed E-state index contributed by atoms with van der Waals surface area (Å²) in [4.78, 5) is 26.0. The minimum Gasteiger partial charge on any atom is -0.340 e. The molecular formula is C26H29ClFN5O2. The Balaban J connectivity index is 1.56. The number of carbonyl (C=O) groups excluding carboxylic acids is 2. The molecule has 4 rings (SSSR count). The van der Waals surface area contributed by atoms with Crippen LogP contribution in [0.1, 0.15) is 55.7 Å². The molecule has 1 aliphatic heterocycles. The van der Waals surface area contributed by atoms with E-state index >= 15 is 0 Å². The molecule has 2 N–H and O–H groups in total. The Morgan fingerprint density at radius 3 is 2.63 bits per heavy atom. The monoisotopic (exact) mass is 497 g/mol. The van der Waals surface area contributed by atoms with E-state index < -0.39 is 23.7 Å². The number of hydrogen-bond acceptors (Lipinski definition) is 4. The zero-order valence-electron chi connectivity index (χ0n) is 19.9. The van der Waals surface area contributed by atoms with Crippen molar-refractivity contribution in [2.24, 2.45) is 5.92 Å². The maximum Gasteiger partial charge on any atom is 0.251 e. The van der Waals surface area contributed by atoms with Crippen LogP contribution < -0.4 is 10.6 Å². The molecule has 0 radical (unpaired) electrons. The Morgan fingerprint density at radius 1 is 1.11 bits per heavy atom. The maximum absolute atomic E-state index is 14.7. The van der Waals surface area contributed by atoms with Gasteiger partial charge in [-0.3, -0.25) is 9.59 Å². The molecule has 0 saturated heterocycles. The van der Waals surface area contributed by atoms with Gasteiger partial charge < -0.3 is 15.2 Å². The summed E-state index contributed by atoms with van der Waals surface area (Å²) in [6.45, 7) is 4.60. The van der Waals surface area contributed by atoms with Crippen molar-refractivity contribution in [2.45, 2.75) is 58.5 Å². The van der Waals surface area contributed by atoms with E-state index in [-0.39, 0.29) is 11.6 Å². The van der Waals surface area contributed by atoms with E-state index in [4.69, 9.17) is 11.6 Å². The van der Waals surface area contributed by atoms with Gasteiger partial charge in [-0.25, -0.2) is 4.39 Å². The number of halogens is 2. The normalized spacial score (nSPS) is 15.0. The van der Waals surface area contributed by atoms with Crippen molar-refractivity contribution in [3.8, 4) is 11.4 Å². The Hall–Kier alpha value is -3.26. The summed E-state index contributed by atoms with van der Waals surface area (Å²) in [7, 11) is 0. The van der Waals surface area contributed by atoms with E-state index in [0.717, 1.165) is 38.1 Å². The summed E-state index contributed by atoms with van der Waals surface area (Å²) in [5.74, 6) is -0.0456. The Bertz CT molecular complexity index is 1210. The number of amides is 2. The minimum absolute atomic E-state index is 0.0347. The third-order valence-electron chi connectivity index (χ3n) is 6.48. The Morgan fingerprint density at radius 2 is 1.89 bits per heavy atom. The van der Waals surface area contributed by atoms with E-state index in [0.29, 0.717) is 28.4 Å². The highest BCUT2D eigenvalue weighted by atomic mass is 35.5. The number of aromatic nitrogens is 3.